The molecule has 1 aliphatic heterocycles. The van der Waals surface area contributed by atoms with Crippen LogP contribution in [-0.4, -0.2) is 33.3 Å². The van der Waals surface area contributed by atoms with Crippen molar-refractivity contribution in [3.63, 3.8) is 0 Å². The highest BCUT2D eigenvalue weighted by molar-refractivity contribution is 8.26. The predicted octanol–water partition coefficient (Wildman–Crippen LogP) is 5.27. The summed E-state index contributed by atoms with van der Waals surface area (Å²) >= 11 is 6.25. The number of hydrogen-bond acceptors (Lipinski definition) is 7. The molecule has 0 aliphatic carbocycles. The van der Waals surface area contributed by atoms with Crippen LogP contribution < -0.4 is 10.2 Å². The number of aromatic nitrogens is 2. The maximum Gasteiger partial charge on any atom is 0.263 e. The molecule has 3 heterocycles. The summed E-state index contributed by atoms with van der Waals surface area (Å²) in [6.45, 7) is 8.63. The highest BCUT2D eigenvalue weighted by atomic mass is 32.2. The molecule has 6 nitrogen and oxygen atoms in total. The van der Waals surface area contributed by atoms with Gasteiger partial charge in [-0.25, -0.2) is 4.98 Å². The number of furan rings is 1. The van der Waals surface area contributed by atoms with Crippen molar-refractivity contribution in [1.29, 1.82) is 0 Å². The summed E-state index contributed by atoms with van der Waals surface area (Å²) in [4.78, 5) is 23.8. The number of carbonyl (C=O) groups excluding carboxylic acids is 1. The average Bonchev–Trinajstić information content (AvgIpc) is 3.33. The lowest BCUT2D eigenvalue weighted by Crippen LogP contribution is -2.26. The first-order chi connectivity index (χ1) is 14.5. The summed E-state index contributed by atoms with van der Waals surface area (Å²) in [5, 5.41) is 2.60. The number of thioether (sulfide) groups is 1. The van der Waals surface area contributed by atoms with Crippen molar-refractivity contribution in [1.82, 2.24) is 15.3 Å². The lowest BCUT2D eigenvalue weighted by atomic mass is 10.0. The summed E-state index contributed by atoms with van der Waals surface area (Å²) < 4.78 is 6.36. The first-order valence-corrected chi connectivity index (χ1v) is 11.6. The number of amides is 1. The highest BCUT2D eigenvalue weighted by Gasteiger charge is 2.22. The van der Waals surface area contributed by atoms with Gasteiger partial charge >= 0.3 is 0 Å². The van der Waals surface area contributed by atoms with Gasteiger partial charge in [-0.2, -0.15) is 0 Å². The standard InChI is InChI=1S/C22H28N4O2S2/c1-4-10-26(11-6-7-15(3)5-2)20-14-23-13-17(24-20)18-9-8-16(28-18)12-19-21(27)25-22(29)30-19/h8-9,12-15H,4-7,10-11H2,1-3H3,(H,25,27,29)/b19-12-. The van der Waals surface area contributed by atoms with Crippen LogP contribution in [0.3, 0.4) is 0 Å². The molecule has 1 amide bonds. The number of rotatable bonds is 10. The molecule has 1 fully saturated rings. The minimum absolute atomic E-state index is 0.197. The van der Waals surface area contributed by atoms with E-state index in [-0.39, 0.29) is 5.91 Å². The quantitative estimate of drug-likeness (QED) is 0.395. The van der Waals surface area contributed by atoms with Crippen LogP contribution in [0.4, 0.5) is 5.82 Å². The Morgan fingerprint density at radius 1 is 1.30 bits per heavy atom. The van der Waals surface area contributed by atoms with Crippen molar-refractivity contribution in [3.8, 4) is 11.5 Å². The Bertz CT molecular complexity index is 925. The fourth-order valence-electron chi connectivity index (χ4n) is 3.19. The molecule has 1 aliphatic rings. The van der Waals surface area contributed by atoms with E-state index in [1.165, 1.54) is 24.6 Å². The zero-order valence-electron chi connectivity index (χ0n) is 17.7. The molecule has 1 saturated heterocycles. The molecule has 2 aromatic rings. The van der Waals surface area contributed by atoms with Crippen molar-refractivity contribution >= 4 is 46.1 Å². The van der Waals surface area contributed by atoms with E-state index >= 15 is 0 Å². The second-order valence-corrected chi connectivity index (χ2v) is 9.18. The zero-order chi connectivity index (χ0) is 21.5. The van der Waals surface area contributed by atoms with Crippen molar-refractivity contribution < 1.29 is 9.21 Å². The molecule has 1 atom stereocenters. The van der Waals surface area contributed by atoms with Gasteiger partial charge in [0.05, 0.1) is 17.3 Å². The van der Waals surface area contributed by atoms with E-state index in [9.17, 15) is 4.79 Å². The Morgan fingerprint density at radius 2 is 2.13 bits per heavy atom. The van der Waals surface area contributed by atoms with Gasteiger partial charge in [0, 0.05) is 19.2 Å². The van der Waals surface area contributed by atoms with Crippen LogP contribution in [0.5, 0.6) is 0 Å². The molecule has 1 unspecified atom stereocenters. The molecule has 3 rings (SSSR count). The number of thiocarbonyl (C=S) groups is 1. The van der Waals surface area contributed by atoms with Crippen molar-refractivity contribution in [3.05, 3.63) is 35.2 Å². The van der Waals surface area contributed by atoms with Crippen LogP contribution in [0.15, 0.2) is 33.8 Å². The molecule has 0 aromatic carbocycles. The monoisotopic (exact) mass is 444 g/mol. The van der Waals surface area contributed by atoms with Crippen LogP contribution in [-0.2, 0) is 4.79 Å². The molecule has 0 radical (unpaired) electrons. The van der Waals surface area contributed by atoms with E-state index in [0.29, 0.717) is 26.4 Å². The largest absolute Gasteiger partial charge is 0.455 e. The van der Waals surface area contributed by atoms with Gasteiger partial charge in [0.15, 0.2) is 5.76 Å². The van der Waals surface area contributed by atoms with Gasteiger partial charge in [-0.15, -0.1) is 0 Å². The Morgan fingerprint density at radius 3 is 2.83 bits per heavy atom. The van der Waals surface area contributed by atoms with Crippen LogP contribution in [0, 0.1) is 5.92 Å². The molecule has 2 aromatic heterocycles. The van der Waals surface area contributed by atoms with E-state index in [1.807, 2.05) is 18.3 Å². The van der Waals surface area contributed by atoms with Gasteiger partial charge in [0.25, 0.3) is 5.91 Å². The number of nitrogens with zero attached hydrogens (tertiary/aromatic N) is 3. The molecular weight excluding hydrogens is 416 g/mol. The number of carbonyl (C=O) groups is 1. The maximum absolute atomic E-state index is 11.8. The fraction of sp³-hybridized carbons (Fsp3) is 0.455. The Kier molecular flexibility index (Phi) is 8.04. The van der Waals surface area contributed by atoms with Crippen molar-refractivity contribution in [2.75, 3.05) is 18.0 Å². The molecule has 1 N–H and O–H groups in total. The lowest BCUT2D eigenvalue weighted by Gasteiger charge is -2.23. The topological polar surface area (TPSA) is 71.3 Å². The first-order valence-electron chi connectivity index (χ1n) is 10.4. The normalized spacial score (nSPS) is 16.2. The SMILES string of the molecule is CCCN(CCCC(C)CC)c1cncc(-c2ccc(/C=C3\SC(=S)NC3=O)o2)n1. The van der Waals surface area contributed by atoms with E-state index < -0.39 is 0 Å². The third-order valence-corrected chi connectivity index (χ3v) is 6.22. The van der Waals surface area contributed by atoms with Gasteiger partial charge in [0.1, 0.15) is 21.6 Å². The third kappa shape index (κ3) is 5.92. The van der Waals surface area contributed by atoms with Gasteiger partial charge in [0.2, 0.25) is 0 Å². The van der Waals surface area contributed by atoms with E-state index in [1.54, 1.807) is 12.3 Å². The minimum Gasteiger partial charge on any atom is -0.455 e. The summed E-state index contributed by atoms with van der Waals surface area (Å²) in [5.41, 5.74) is 0.680. The van der Waals surface area contributed by atoms with Crippen LogP contribution >= 0.6 is 24.0 Å². The molecule has 8 heteroatoms. The zero-order valence-corrected chi connectivity index (χ0v) is 19.3. The number of hydrogen-bond donors (Lipinski definition) is 1. The van der Waals surface area contributed by atoms with E-state index in [4.69, 9.17) is 21.6 Å². The summed E-state index contributed by atoms with van der Waals surface area (Å²) in [5.74, 6) is 2.62. The first kappa shape index (κ1) is 22.5. The molecule has 160 valence electrons. The van der Waals surface area contributed by atoms with Crippen molar-refractivity contribution in [2.45, 2.75) is 46.5 Å². The second kappa shape index (κ2) is 10.7. The molecule has 0 saturated carbocycles. The third-order valence-electron chi connectivity index (χ3n) is 5.06. The summed E-state index contributed by atoms with van der Waals surface area (Å²) in [6, 6.07) is 3.67. The van der Waals surface area contributed by atoms with Gasteiger partial charge in [-0.1, -0.05) is 51.2 Å². The summed E-state index contributed by atoms with van der Waals surface area (Å²) in [6.07, 6.45) is 9.83. The smallest absolute Gasteiger partial charge is 0.263 e. The van der Waals surface area contributed by atoms with E-state index in [2.05, 4.69) is 36.0 Å². The Labute approximate surface area is 187 Å². The van der Waals surface area contributed by atoms with Gasteiger partial charge < -0.3 is 14.6 Å². The van der Waals surface area contributed by atoms with Crippen molar-refractivity contribution in [2.24, 2.45) is 5.92 Å². The molecule has 0 spiro atoms. The second-order valence-electron chi connectivity index (χ2n) is 7.46. The summed E-state index contributed by atoms with van der Waals surface area (Å²) in [7, 11) is 0. The number of anilines is 1. The fourth-order valence-corrected chi connectivity index (χ4v) is 4.21. The lowest BCUT2D eigenvalue weighted by molar-refractivity contribution is -0.115. The minimum atomic E-state index is -0.197. The van der Waals surface area contributed by atoms with E-state index in [0.717, 1.165) is 37.7 Å². The predicted molar refractivity (Wildman–Crippen MR) is 127 cm³/mol. The van der Waals surface area contributed by atoms with Crippen LogP contribution in [0.2, 0.25) is 0 Å². The Balaban J connectivity index is 1.74. The molecule has 30 heavy (non-hydrogen) atoms. The molecular formula is C22H28N4O2S2. The van der Waals surface area contributed by atoms with Gasteiger partial charge in [-0.3, -0.25) is 9.78 Å². The average molecular weight is 445 g/mol. The number of nitrogens with one attached hydrogen (secondary N) is 1. The maximum atomic E-state index is 11.8. The molecule has 0 bridgehead atoms. The highest BCUT2D eigenvalue weighted by Crippen LogP contribution is 2.28. The van der Waals surface area contributed by atoms with Crippen LogP contribution in [0.1, 0.15) is 52.2 Å². The Hall–Kier alpha value is -2.19. The van der Waals surface area contributed by atoms with Crippen LogP contribution in [0.25, 0.3) is 17.5 Å². The van der Waals surface area contributed by atoms with Gasteiger partial charge in [-0.05, 0) is 37.3 Å².